The topological polar surface area (TPSA) is 69.2 Å². The maximum absolute atomic E-state index is 12.5. The summed E-state index contributed by atoms with van der Waals surface area (Å²) < 4.78 is 15.9. The van der Waals surface area contributed by atoms with E-state index in [0.29, 0.717) is 28.7 Å². The summed E-state index contributed by atoms with van der Waals surface area (Å²) in [5.41, 5.74) is 4.11. The third-order valence-electron chi connectivity index (χ3n) is 5.54. The summed E-state index contributed by atoms with van der Waals surface area (Å²) in [5, 5.41) is 4.36. The largest absolute Gasteiger partial charge is 0.493 e. The molecule has 2 aliphatic carbocycles. The fourth-order valence-electron chi connectivity index (χ4n) is 4.25. The van der Waals surface area contributed by atoms with Crippen LogP contribution in [0.2, 0.25) is 0 Å². The third kappa shape index (κ3) is 3.43. The van der Waals surface area contributed by atoms with Gasteiger partial charge in [0.05, 0.1) is 21.3 Å². The molecule has 3 atom stereocenters. The molecule has 1 aromatic rings. The second-order valence-corrected chi connectivity index (χ2v) is 6.89. The van der Waals surface area contributed by atoms with E-state index in [1.165, 1.54) is 47.0 Å². The van der Waals surface area contributed by atoms with Crippen molar-refractivity contribution >= 4 is 11.6 Å². The van der Waals surface area contributed by atoms with Gasteiger partial charge in [-0.3, -0.25) is 4.79 Å². The Hall–Kier alpha value is -2.24. The zero-order valence-corrected chi connectivity index (χ0v) is 15.3. The van der Waals surface area contributed by atoms with Gasteiger partial charge in [0.25, 0.3) is 5.91 Å². The number of nitrogens with zero attached hydrogens (tertiary/aromatic N) is 1. The molecule has 25 heavy (non-hydrogen) atoms. The molecule has 2 fully saturated rings. The van der Waals surface area contributed by atoms with E-state index in [0.717, 1.165) is 17.5 Å². The van der Waals surface area contributed by atoms with E-state index in [-0.39, 0.29) is 5.91 Å². The Morgan fingerprint density at radius 1 is 1.08 bits per heavy atom. The van der Waals surface area contributed by atoms with Crippen molar-refractivity contribution in [3.05, 3.63) is 17.7 Å². The first-order valence-electron chi connectivity index (χ1n) is 8.71. The maximum Gasteiger partial charge on any atom is 0.271 e. The van der Waals surface area contributed by atoms with Crippen LogP contribution in [0, 0.1) is 17.8 Å². The molecule has 1 N–H and O–H groups in total. The van der Waals surface area contributed by atoms with E-state index in [1.54, 1.807) is 12.1 Å². The van der Waals surface area contributed by atoms with Crippen molar-refractivity contribution < 1.29 is 19.0 Å². The van der Waals surface area contributed by atoms with Crippen LogP contribution in [0.25, 0.3) is 0 Å². The first-order chi connectivity index (χ1) is 12.1. The van der Waals surface area contributed by atoms with Crippen molar-refractivity contribution in [2.24, 2.45) is 22.9 Å². The molecular weight excluding hydrogens is 320 g/mol. The molecule has 0 radical (unpaired) electrons. The minimum absolute atomic E-state index is 0.290. The molecule has 6 heteroatoms. The Kier molecular flexibility index (Phi) is 5.16. The van der Waals surface area contributed by atoms with Crippen LogP contribution in [0.4, 0.5) is 0 Å². The summed E-state index contributed by atoms with van der Waals surface area (Å²) in [6.07, 6.45) is 5.17. The van der Waals surface area contributed by atoms with E-state index in [2.05, 4.69) is 10.5 Å². The molecule has 0 heterocycles. The van der Waals surface area contributed by atoms with Crippen molar-refractivity contribution in [2.45, 2.75) is 32.6 Å². The monoisotopic (exact) mass is 346 g/mol. The normalized spacial score (nSPS) is 25.0. The Morgan fingerprint density at radius 2 is 1.76 bits per heavy atom. The predicted molar refractivity (Wildman–Crippen MR) is 95.6 cm³/mol. The van der Waals surface area contributed by atoms with Gasteiger partial charge in [0.15, 0.2) is 11.5 Å². The average molecular weight is 346 g/mol. The van der Waals surface area contributed by atoms with E-state index in [1.807, 2.05) is 6.92 Å². The Labute approximate surface area is 148 Å². The molecule has 1 aromatic carbocycles. The summed E-state index contributed by atoms with van der Waals surface area (Å²) in [6, 6.07) is 3.25. The van der Waals surface area contributed by atoms with Crippen LogP contribution >= 0.6 is 0 Å². The highest BCUT2D eigenvalue weighted by Crippen LogP contribution is 2.48. The summed E-state index contributed by atoms with van der Waals surface area (Å²) in [4.78, 5) is 12.5. The van der Waals surface area contributed by atoms with Crippen molar-refractivity contribution in [1.29, 1.82) is 0 Å². The van der Waals surface area contributed by atoms with Crippen molar-refractivity contribution in [2.75, 3.05) is 21.3 Å². The molecule has 0 saturated heterocycles. The van der Waals surface area contributed by atoms with E-state index in [9.17, 15) is 4.79 Å². The SMILES string of the molecule is COc1cc(C(=O)NN=C(C)[C@@H]2C[C@@H]3CC[C@@H]2C3)cc(OC)c1OC. The van der Waals surface area contributed by atoms with Crippen molar-refractivity contribution in [3.8, 4) is 17.2 Å². The number of rotatable bonds is 6. The maximum atomic E-state index is 12.5. The molecule has 2 saturated carbocycles. The predicted octanol–water partition coefficient (Wildman–Crippen LogP) is 3.25. The number of hydrazone groups is 1. The molecular formula is C19H26N2O4. The highest BCUT2D eigenvalue weighted by Gasteiger charge is 2.40. The van der Waals surface area contributed by atoms with Gasteiger partial charge in [-0.15, -0.1) is 0 Å². The fraction of sp³-hybridized carbons (Fsp3) is 0.579. The molecule has 2 aliphatic rings. The van der Waals surface area contributed by atoms with Gasteiger partial charge < -0.3 is 14.2 Å². The van der Waals surface area contributed by atoms with Gasteiger partial charge in [0.1, 0.15) is 0 Å². The van der Waals surface area contributed by atoms with Crippen LogP contribution in [-0.4, -0.2) is 32.9 Å². The average Bonchev–Trinajstić information content (AvgIpc) is 3.27. The van der Waals surface area contributed by atoms with Crippen LogP contribution < -0.4 is 19.6 Å². The number of methoxy groups -OCH3 is 3. The number of carbonyl (C=O) groups is 1. The zero-order chi connectivity index (χ0) is 18.0. The van der Waals surface area contributed by atoms with Crippen LogP contribution in [-0.2, 0) is 0 Å². The number of ether oxygens (including phenoxy) is 3. The summed E-state index contributed by atoms with van der Waals surface area (Å²) in [6.45, 7) is 2.01. The number of amides is 1. The molecule has 1 amide bonds. The lowest BCUT2D eigenvalue weighted by atomic mass is 9.86. The number of hydrogen-bond acceptors (Lipinski definition) is 5. The lowest BCUT2D eigenvalue weighted by Crippen LogP contribution is -2.24. The van der Waals surface area contributed by atoms with E-state index in [4.69, 9.17) is 14.2 Å². The number of benzene rings is 1. The molecule has 0 aliphatic heterocycles. The smallest absolute Gasteiger partial charge is 0.271 e. The van der Waals surface area contributed by atoms with Crippen LogP contribution in [0.3, 0.4) is 0 Å². The zero-order valence-electron chi connectivity index (χ0n) is 15.3. The van der Waals surface area contributed by atoms with Crippen molar-refractivity contribution in [1.82, 2.24) is 5.43 Å². The Bertz CT molecular complexity index is 661. The quantitative estimate of drug-likeness (QED) is 0.634. The van der Waals surface area contributed by atoms with E-state index < -0.39 is 0 Å². The molecule has 3 rings (SSSR count). The fourth-order valence-corrected chi connectivity index (χ4v) is 4.25. The lowest BCUT2D eigenvalue weighted by Gasteiger charge is -2.21. The van der Waals surface area contributed by atoms with E-state index >= 15 is 0 Å². The first-order valence-corrected chi connectivity index (χ1v) is 8.71. The minimum Gasteiger partial charge on any atom is -0.493 e. The molecule has 0 aromatic heterocycles. The summed E-state index contributed by atoms with van der Waals surface area (Å²) in [7, 11) is 4.58. The van der Waals surface area contributed by atoms with Gasteiger partial charge in [0.2, 0.25) is 5.75 Å². The second kappa shape index (κ2) is 7.33. The van der Waals surface area contributed by atoms with Gasteiger partial charge in [-0.05, 0) is 50.2 Å². The third-order valence-corrected chi connectivity index (χ3v) is 5.54. The molecule has 0 unspecified atom stereocenters. The highest BCUT2D eigenvalue weighted by atomic mass is 16.5. The highest BCUT2D eigenvalue weighted by molar-refractivity contribution is 5.96. The summed E-state index contributed by atoms with van der Waals surface area (Å²) >= 11 is 0. The summed E-state index contributed by atoms with van der Waals surface area (Å²) in [5.74, 6) is 3.17. The van der Waals surface area contributed by atoms with Crippen LogP contribution in [0.1, 0.15) is 43.0 Å². The molecule has 0 spiro atoms. The Balaban J connectivity index is 1.73. The first kappa shape index (κ1) is 17.6. The standard InChI is InChI=1S/C19H26N2O4/c1-11(15-8-12-5-6-13(15)7-12)20-21-19(22)14-9-16(23-2)18(25-4)17(10-14)24-3/h9-10,12-13,15H,5-8H2,1-4H3,(H,21,22)/t12-,13-,15+/m1/s1. The lowest BCUT2D eigenvalue weighted by molar-refractivity contribution is 0.0953. The van der Waals surface area contributed by atoms with Gasteiger partial charge in [-0.1, -0.05) is 6.42 Å². The number of hydrogen-bond donors (Lipinski definition) is 1. The molecule has 136 valence electrons. The van der Waals surface area contributed by atoms with Gasteiger partial charge in [-0.25, -0.2) is 5.43 Å². The number of carbonyl (C=O) groups excluding carboxylic acids is 1. The molecule has 2 bridgehead atoms. The number of nitrogens with one attached hydrogen (secondary N) is 1. The molecule has 6 nitrogen and oxygen atoms in total. The Morgan fingerprint density at radius 3 is 2.24 bits per heavy atom. The van der Waals surface area contributed by atoms with Gasteiger partial charge in [0, 0.05) is 17.2 Å². The van der Waals surface area contributed by atoms with Gasteiger partial charge >= 0.3 is 0 Å². The van der Waals surface area contributed by atoms with Crippen LogP contribution in [0.5, 0.6) is 17.2 Å². The number of fused-ring (bicyclic) bond motifs is 2. The van der Waals surface area contributed by atoms with Crippen molar-refractivity contribution in [3.63, 3.8) is 0 Å². The van der Waals surface area contributed by atoms with Gasteiger partial charge in [-0.2, -0.15) is 5.10 Å². The minimum atomic E-state index is -0.290. The second-order valence-electron chi connectivity index (χ2n) is 6.89. The van der Waals surface area contributed by atoms with Crippen LogP contribution in [0.15, 0.2) is 17.2 Å².